The third-order valence-corrected chi connectivity index (χ3v) is 5.13. The van der Waals surface area contributed by atoms with Crippen molar-refractivity contribution in [2.45, 2.75) is 32.1 Å². The van der Waals surface area contributed by atoms with Crippen LogP contribution in [0.25, 0.3) is 0 Å². The van der Waals surface area contributed by atoms with Gasteiger partial charge in [-0.25, -0.2) is 5.84 Å². The summed E-state index contributed by atoms with van der Waals surface area (Å²) in [6.45, 7) is 4.60. The minimum Gasteiger partial charge on any atom is -0.494 e. The molecule has 0 atom stereocenters. The fourth-order valence-electron chi connectivity index (χ4n) is 3.50. The Labute approximate surface area is 173 Å². The molecule has 1 saturated heterocycles. The summed E-state index contributed by atoms with van der Waals surface area (Å²) < 4.78 is 11.8. The maximum atomic E-state index is 11.1. The molecule has 2 aromatic carbocycles. The summed E-state index contributed by atoms with van der Waals surface area (Å²) in [5, 5.41) is 0. The van der Waals surface area contributed by atoms with E-state index in [4.69, 9.17) is 15.3 Å². The molecular formula is C23H31N3O3. The molecular weight excluding hydrogens is 366 g/mol. The number of carbonyl (C=O) groups excluding carboxylic acids is 1. The number of ether oxygens (including phenoxy) is 2. The van der Waals surface area contributed by atoms with E-state index in [1.807, 2.05) is 24.3 Å². The molecule has 0 unspecified atom stereocenters. The molecule has 3 rings (SSSR count). The van der Waals surface area contributed by atoms with Gasteiger partial charge in [0.1, 0.15) is 18.1 Å². The first kappa shape index (κ1) is 21.1. The maximum absolute atomic E-state index is 11.1. The van der Waals surface area contributed by atoms with Crippen molar-refractivity contribution in [3.8, 4) is 11.5 Å². The number of nitrogens with two attached hydrogens (primary N) is 1. The lowest BCUT2D eigenvalue weighted by Gasteiger charge is -2.16. The molecule has 1 heterocycles. The zero-order valence-corrected chi connectivity index (χ0v) is 16.9. The summed E-state index contributed by atoms with van der Waals surface area (Å²) in [4.78, 5) is 13.6. The number of amides is 1. The van der Waals surface area contributed by atoms with Crippen molar-refractivity contribution in [2.75, 3.05) is 32.8 Å². The molecule has 0 saturated carbocycles. The van der Waals surface area contributed by atoms with Crippen LogP contribution in [0.15, 0.2) is 48.5 Å². The fraction of sp³-hybridized carbons (Fsp3) is 0.435. The Kier molecular flexibility index (Phi) is 8.34. The minimum absolute atomic E-state index is 0.176. The average molecular weight is 398 g/mol. The number of nitrogens with one attached hydrogen (secondary N) is 1. The molecule has 6 heteroatoms. The first-order valence-electron chi connectivity index (χ1n) is 10.4. The number of carbonyl (C=O) groups is 1. The van der Waals surface area contributed by atoms with E-state index in [-0.39, 0.29) is 5.91 Å². The Hall–Kier alpha value is -2.57. The summed E-state index contributed by atoms with van der Waals surface area (Å²) in [7, 11) is 0. The molecule has 6 nitrogen and oxygen atoms in total. The zero-order chi connectivity index (χ0) is 20.3. The highest BCUT2D eigenvalue weighted by Crippen LogP contribution is 2.23. The van der Waals surface area contributed by atoms with Crippen LogP contribution in [-0.4, -0.2) is 43.7 Å². The highest BCUT2D eigenvalue weighted by atomic mass is 16.5. The van der Waals surface area contributed by atoms with Crippen LogP contribution < -0.4 is 20.7 Å². The van der Waals surface area contributed by atoms with Crippen LogP contribution in [0.3, 0.4) is 0 Å². The number of rotatable bonds is 11. The van der Waals surface area contributed by atoms with E-state index in [9.17, 15) is 4.79 Å². The smallest absolute Gasteiger partial charge is 0.234 e. The summed E-state index contributed by atoms with van der Waals surface area (Å²) >= 11 is 0. The molecule has 1 aliphatic rings. The first-order valence-corrected chi connectivity index (χ1v) is 10.4. The molecule has 1 fully saturated rings. The third-order valence-electron chi connectivity index (χ3n) is 5.13. The van der Waals surface area contributed by atoms with Crippen molar-refractivity contribution >= 4 is 5.91 Å². The summed E-state index contributed by atoms with van der Waals surface area (Å²) in [6.07, 6.45) is 4.42. The monoisotopic (exact) mass is 397 g/mol. The fourth-order valence-corrected chi connectivity index (χ4v) is 3.50. The van der Waals surface area contributed by atoms with Gasteiger partial charge in [-0.1, -0.05) is 30.3 Å². The van der Waals surface area contributed by atoms with E-state index in [1.54, 1.807) is 0 Å². The molecule has 156 valence electrons. The lowest BCUT2D eigenvalue weighted by atomic mass is 10.0. The number of benzene rings is 2. The Bertz CT molecular complexity index is 758. The molecule has 0 spiro atoms. The van der Waals surface area contributed by atoms with Gasteiger partial charge in [-0.3, -0.25) is 15.1 Å². The SMILES string of the molecule is NNC(=O)CCCOc1ccc(Cc2ccccc2OCCN2CCCC2)cc1. The second kappa shape index (κ2) is 11.4. The maximum Gasteiger partial charge on any atom is 0.234 e. The molecule has 1 aliphatic heterocycles. The molecule has 0 aromatic heterocycles. The topological polar surface area (TPSA) is 76.8 Å². The summed E-state index contributed by atoms with van der Waals surface area (Å²) in [6, 6.07) is 16.3. The number of nitrogens with zero attached hydrogens (tertiary/aromatic N) is 1. The lowest BCUT2D eigenvalue weighted by Crippen LogP contribution is -2.29. The Morgan fingerprint density at radius 1 is 1.00 bits per heavy atom. The number of para-hydroxylation sites is 1. The van der Waals surface area contributed by atoms with Crippen molar-refractivity contribution in [3.63, 3.8) is 0 Å². The van der Waals surface area contributed by atoms with E-state index in [2.05, 4.69) is 34.6 Å². The summed E-state index contributed by atoms with van der Waals surface area (Å²) in [5.41, 5.74) is 4.51. The van der Waals surface area contributed by atoms with Gasteiger partial charge >= 0.3 is 0 Å². The van der Waals surface area contributed by atoms with Crippen molar-refractivity contribution in [3.05, 3.63) is 59.7 Å². The van der Waals surface area contributed by atoms with Gasteiger partial charge in [0.05, 0.1) is 6.61 Å². The molecule has 29 heavy (non-hydrogen) atoms. The van der Waals surface area contributed by atoms with Gasteiger partial charge in [-0.05, 0) is 61.7 Å². The van der Waals surface area contributed by atoms with E-state index >= 15 is 0 Å². The highest BCUT2D eigenvalue weighted by Gasteiger charge is 2.11. The number of hydrogen-bond donors (Lipinski definition) is 2. The third kappa shape index (κ3) is 7.07. The van der Waals surface area contributed by atoms with Crippen LogP contribution in [0, 0.1) is 0 Å². The second-order valence-corrected chi connectivity index (χ2v) is 7.35. The van der Waals surface area contributed by atoms with E-state index in [0.29, 0.717) is 19.4 Å². The van der Waals surface area contributed by atoms with Crippen LogP contribution >= 0.6 is 0 Å². The predicted molar refractivity (Wildman–Crippen MR) is 114 cm³/mol. The lowest BCUT2D eigenvalue weighted by molar-refractivity contribution is -0.121. The normalized spacial score (nSPS) is 14.0. The molecule has 1 amide bonds. The van der Waals surface area contributed by atoms with Gasteiger partial charge in [0, 0.05) is 19.4 Å². The Morgan fingerprint density at radius 2 is 1.76 bits per heavy atom. The predicted octanol–water partition coefficient (Wildman–Crippen LogP) is 2.90. The van der Waals surface area contributed by atoms with E-state index in [1.165, 1.54) is 37.1 Å². The second-order valence-electron chi connectivity index (χ2n) is 7.35. The number of hydrogen-bond acceptors (Lipinski definition) is 5. The first-order chi connectivity index (χ1) is 14.2. The molecule has 0 bridgehead atoms. The summed E-state index contributed by atoms with van der Waals surface area (Å²) in [5.74, 6) is 6.65. The highest BCUT2D eigenvalue weighted by molar-refractivity contribution is 5.75. The Balaban J connectivity index is 1.47. The Morgan fingerprint density at radius 3 is 2.52 bits per heavy atom. The van der Waals surface area contributed by atoms with Crippen LogP contribution in [0.1, 0.15) is 36.8 Å². The number of hydrazine groups is 1. The van der Waals surface area contributed by atoms with Crippen molar-refractivity contribution in [1.82, 2.24) is 10.3 Å². The largest absolute Gasteiger partial charge is 0.494 e. The quantitative estimate of drug-likeness (QED) is 0.264. The number of likely N-dealkylation sites (tertiary alicyclic amines) is 1. The van der Waals surface area contributed by atoms with E-state index < -0.39 is 0 Å². The average Bonchev–Trinajstić information content (AvgIpc) is 3.27. The van der Waals surface area contributed by atoms with Gasteiger partial charge in [0.25, 0.3) is 0 Å². The van der Waals surface area contributed by atoms with Crippen molar-refractivity contribution in [1.29, 1.82) is 0 Å². The van der Waals surface area contributed by atoms with Crippen LogP contribution in [0.2, 0.25) is 0 Å². The van der Waals surface area contributed by atoms with Gasteiger partial charge in [0.2, 0.25) is 5.91 Å². The minimum atomic E-state index is -0.176. The molecule has 0 radical (unpaired) electrons. The van der Waals surface area contributed by atoms with Crippen molar-refractivity contribution in [2.24, 2.45) is 5.84 Å². The van der Waals surface area contributed by atoms with Crippen LogP contribution in [0.5, 0.6) is 11.5 Å². The van der Waals surface area contributed by atoms with Gasteiger partial charge in [0.15, 0.2) is 0 Å². The zero-order valence-electron chi connectivity index (χ0n) is 16.9. The van der Waals surface area contributed by atoms with Gasteiger partial charge in [-0.15, -0.1) is 0 Å². The van der Waals surface area contributed by atoms with Gasteiger partial charge < -0.3 is 9.47 Å². The molecule has 3 N–H and O–H groups in total. The molecule has 0 aliphatic carbocycles. The van der Waals surface area contributed by atoms with Crippen LogP contribution in [0.4, 0.5) is 0 Å². The van der Waals surface area contributed by atoms with Crippen molar-refractivity contribution < 1.29 is 14.3 Å². The van der Waals surface area contributed by atoms with E-state index in [0.717, 1.165) is 31.1 Å². The van der Waals surface area contributed by atoms with Crippen LogP contribution in [-0.2, 0) is 11.2 Å². The molecule has 2 aromatic rings. The standard InChI is InChI=1S/C23H31N3O3/c24-25-23(27)8-5-16-28-21-11-9-19(10-12-21)18-20-6-1-2-7-22(20)29-17-15-26-13-3-4-14-26/h1-2,6-7,9-12H,3-5,8,13-18,24H2,(H,25,27). The van der Waals surface area contributed by atoms with Gasteiger partial charge in [-0.2, -0.15) is 0 Å².